The van der Waals surface area contributed by atoms with Crippen molar-refractivity contribution in [3.63, 3.8) is 0 Å². The topological polar surface area (TPSA) is 64.2 Å². The molecule has 1 aliphatic rings. The molecule has 0 saturated heterocycles. The molecule has 1 fully saturated rings. The van der Waals surface area contributed by atoms with Gasteiger partial charge in [0.05, 0.1) is 19.9 Å². The van der Waals surface area contributed by atoms with Crippen molar-refractivity contribution in [3.8, 4) is 11.5 Å². The van der Waals surface area contributed by atoms with Gasteiger partial charge in [0.1, 0.15) is 0 Å². The average Bonchev–Trinajstić information content (AvgIpc) is 2.89. The van der Waals surface area contributed by atoms with Gasteiger partial charge in [-0.2, -0.15) is 0 Å². The van der Waals surface area contributed by atoms with Gasteiger partial charge in [-0.3, -0.25) is 4.79 Å². The number of methoxy groups -OCH3 is 2. The summed E-state index contributed by atoms with van der Waals surface area (Å²) in [5, 5.41) is 1.29. The molecule has 0 spiro atoms. The van der Waals surface area contributed by atoms with Crippen LogP contribution in [-0.2, 0) is 6.42 Å². The fourth-order valence-corrected chi connectivity index (χ4v) is 4.56. The van der Waals surface area contributed by atoms with Gasteiger partial charge in [0.25, 0.3) is 5.56 Å². The second-order valence-electron chi connectivity index (χ2n) is 6.64. The van der Waals surface area contributed by atoms with Crippen LogP contribution in [0.25, 0.3) is 0 Å². The van der Waals surface area contributed by atoms with E-state index in [-0.39, 0.29) is 5.56 Å². The molecule has 2 aromatic rings. The van der Waals surface area contributed by atoms with Gasteiger partial charge in [0.2, 0.25) is 0 Å². The van der Waals surface area contributed by atoms with E-state index in [0.717, 1.165) is 16.4 Å². The van der Waals surface area contributed by atoms with Gasteiger partial charge in [-0.05, 0) is 30.5 Å². The Labute approximate surface area is 158 Å². The first-order valence-corrected chi connectivity index (χ1v) is 10.0. The first kappa shape index (κ1) is 18.8. The van der Waals surface area contributed by atoms with Crippen molar-refractivity contribution in [2.24, 2.45) is 0 Å². The summed E-state index contributed by atoms with van der Waals surface area (Å²) in [4.78, 5) is 19.7. The highest BCUT2D eigenvalue weighted by atomic mass is 32.2. The Morgan fingerprint density at radius 1 is 1.08 bits per heavy atom. The van der Waals surface area contributed by atoms with Crippen LogP contribution in [0.1, 0.15) is 49.8 Å². The van der Waals surface area contributed by atoms with E-state index in [1.165, 1.54) is 38.5 Å². The predicted octanol–water partition coefficient (Wildman–Crippen LogP) is 4.19. The minimum atomic E-state index is -0.0911. The summed E-state index contributed by atoms with van der Waals surface area (Å²) in [7, 11) is 3.24. The molecule has 0 radical (unpaired) electrons. The van der Waals surface area contributed by atoms with Crippen LogP contribution in [0.3, 0.4) is 0 Å². The van der Waals surface area contributed by atoms with E-state index >= 15 is 0 Å². The molecule has 1 aliphatic carbocycles. The highest BCUT2D eigenvalue weighted by Crippen LogP contribution is 2.31. The van der Waals surface area contributed by atoms with Gasteiger partial charge in [0, 0.05) is 17.7 Å². The third kappa shape index (κ3) is 5.04. The molecule has 0 unspecified atom stereocenters. The summed E-state index contributed by atoms with van der Waals surface area (Å²) in [5.41, 5.74) is 1.72. The van der Waals surface area contributed by atoms with E-state index in [9.17, 15) is 4.79 Å². The summed E-state index contributed by atoms with van der Waals surface area (Å²) < 4.78 is 10.6. The zero-order chi connectivity index (χ0) is 18.4. The molecule has 5 nitrogen and oxygen atoms in total. The lowest BCUT2D eigenvalue weighted by Crippen LogP contribution is -2.12. The molecular weight excluding hydrogens is 348 g/mol. The molecule has 140 valence electrons. The maximum absolute atomic E-state index is 12.1. The molecule has 3 rings (SSSR count). The lowest BCUT2D eigenvalue weighted by atomic mass is 10.1. The molecule has 1 N–H and O–H groups in total. The number of rotatable bonds is 6. The van der Waals surface area contributed by atoms with Crippen molar-refractivity contribution in [1.29, 1.82) is 0 Å². The Balaban J connectivity index is 1.76. The number of thioether (sulfide) groups is 1. The molecule has 0 bridgehead atoms. The number of aromatic amines is 1. The minimum absolute atomic E-state index is 0.0911. The third-order valence-electron chi connectivity index (χ3n) is 4.69. The van der Waals surface area contributed by atoms with E-state index in [0.29, 0.717) is 23.2 Å². The van der Waals surface area contributed by atoms with Crippen molar-refractivity contribution < 1.29 is 9.47 Å². The number of hydrogen-bond donors (Lipinski definition) is 1. The summed E-state index contributed by atoms with van der Waals surface area (Å²) in [5.74, 6) is 1.38. The van der Waals surface area contributed by atoms with Crippen molar-refractivity contribution in [1.82, 2.24) is 9.97 Å². The van der Waals surface area contributed by atoms with Gasteiger partial charge in [-0.25, -0.2) is 4.98 Å². The fraction of sp³-hybridized carbons (Fsp3) is 0.500. The van der Waals surface area contributed by atoms with Gasteiger partial charge < -0.3 is 14.5 Å². The van der Waals surface area contributed by atoms with Gasteiger partial charge in [-0.1, -0.05) is 43.5 Å². The van der Waals surface area contributed by atoms with E-state index in [1.807, 2.05) is 18.2 Å². The smallest absolute Gasteiger partial charge is 0.251 e. The summed E-state index contributed by atoms with van der Waals surface area (Å²) >= 11 is 1.72. The number of H-pyrrole nitrogens is 1. The minimum Gasteiger partial charge on any atom is -0.493 e. The molecule has 0 atom stereocenters. The van der Waals surface area contributed by atoms with Crippen molar-refractivity contribution in [2.75, 3.05) is 14.2 Å². The van der Waals surface area contributed by atoms with Crippen LogP contribution in [0.2, 0.25) is 0 Å². The Morgan fingerprint density at radius 3 is 2.50 bits per heavy atom. The van der Waals surface area contributed by atoms with Crippen LogP contribution in [-0.4, -0.2) is 29.4 Å². The zero-order valence-electron chi connectivity index (χ0n) is 15.4. The maximum Gasteiger partial charge on any atom is 0.251 e. The standard InChI is InChI=1S/C20H26N2O3S/c1-24-17-10-9-14(12-18(17)25-2)11-15-13-19(23)22-20(21-15)26-16-7-5-3-4-6-8-16/h9-10,12-13,16H,3-8,11H2,1-2H3,(H,21,22,23). The molecule has 1 aromatic heterocycles. The second kappa shape index (κ2) is 9.12. The molecule has 6 heteroatoms. The van der Waals surface area contributed by atoms with Crippen LogP contribution in [0.15, 0.2) is 34.2 Å². The number of nitrogens with zero attached hydrogens (tertiary/aromatic N) is 1. The molecule has 1 heterocycles. The summed E-state index contributed by atoms with van der Waals surface area (Å²) in [6.07, 6.45) is 8.17. The third-order valence-corrected chi connectivity index (χ3v) is 5.91. The molecule has 0 amide bonds. The maximum atomic E-state index is 12.1. The van der Waals surface area contributed by atoms with Gasteiger partial charge >= 0.3 is 0 Å². The Bertz CT molecular complexity index is 783. The van der Waals surface area contributed by atoms with Crippen molar-refractivity contribution >= 4 is 11.8 Å². The molecule has 1 saturated carbocycles. The van der Waals surface area contributed by atoms with E-state index in [2.05, 4.69) is 9.97 Å². The van der Waals surface area contributed by atoms with Gasteiger partial charge in [-0.15, -0.1) is 0 Å². The fourth-order valence-electron chi connectivity index (χ4n) is 3.35. The lowest BCUT2D eigenvalue weighted by Gasteiger charge is -2.13. The number of benzene rings is 1. The first-order chi connectivity index (χ1) is 12.7. The van der Waals surface area contributed by atoms with Crippen LogP contribution >= 0.6 is 11.8 Å². The van der Waals surface area contributed by atoms with Gasteiger partial charge in [0.15, 0.2) is 16.7 Å². The normalized spacial score (nSPS) is 15.5. The molecule has 1 aromatic carbocycles. The van der Waals surface area contributed by atoms with Crippen LogP contribution in [0, 0.1) is 0 Å². The zero-order valence-corrected chi connectivity index (χ0v) is 16.2. The quantitative estimate of drug-likeness (QED) is 0.607. The number of ether oxygens (including phenoxy) is 2. The SMILES string of the molecule is COc1ccc(Cc2cc(=O)[nH]c(SC3CCCCCC3)n2)cc1OC. The largest absolute Gasteiger partial charge is 0.493 e. The Kier molecular flexibility index (Phi) is 6.61. The van der Waals surface area contributed by atoms with E-state index in [1.54, 1.807) is 32.0 Å². The average molecular weight is 375 g/mol. The number of nitrogens with one attached hydrogen (secondary N) is 1. The number of hydrogen-bond acceptors (Lipinski definition) is 5. The molecular formula is C20H26N2O3S. The highest BCUT2D eigenvalue weighted by molar-refractivity contribution is 7.99. The first-order valence-electron chi connectivity index (χ1n) is 9.15. The van der Waals surface area contributed by atoms with Crippen LogP contribution in [0.4, 0.5) is 0 Å². The summed E-state index contributed by atoms with van der Waals surface area (Å²) in [6, 6.07) is 7.36. The molecule has 0 aliphatic heterocycles. The molecule has 26 heavy (non-hydrogen) atoms. The number of aromatic nitrogens is 2. The lowest BCUT2D eigenvalue weighted by molar-refractivity contribution is 0.354. The Morgan fingerprint density at radius 2 is 1.81 bits per heavy atom. The predicted molar refractivity (Wildman–Crippen MR) is 105 cm³/mol. The highest BCUT2D eigenvalue weighted by Gasteiger charge is 2.15. The second-order valence-corrected chi connectivity index (χ2v) is 7.93. The Hall–Kier alpha value is -1.95. The van der Waals surface area contributed by atoms with Crippen LogP contribution < -0.4 is 15.0 Å². The monoisotopic (exact) mass is 374 g/mol. The van der Waals surface area contributed by atoms with E-state index in [4.69, 9.17) is 9.47 Å². The van der Waals surface area contributed by atoms with Crippen LogP contribution in [0.5, 0.6) is 11.5 Å². The van der Waals surface area contributed by atoms with Crippen molar-refractivity contribution in [2.45, 2.75) is 55.4 Å². The van der Waals surface area contributed by atoms with E-state index < -0.39 is 0 Å². The summed E-state index contributed by atoms with van der Waals surface area (Å²) in [6.45, 7) is 0. The van der Waals surface area contributed by atoms with Crippen molar-refractivity contribution in [3.05, 3.63) is 45.9 Å².